The molecule has 1 N–H and O–H groups in total. The van der Waals surface area contributed by atoms with Gasteiger partial charge < -0.3 is 9.80 Å². The largest absolute Gasteiger partial charge is 0.339 e. The number of benzene rings is 2. The summed E-state index contributed by atoms with van der Waals surface area (Å²) < 4.78 is 16.1. The minimum absolute atomic E-state index is 0.0258. The van der Waals surface area contributed by atoms with Gasteiger partial charge in [0.25, 0.3) is 11.5 Å². The summed E-state index contributed by atoms with van der Waals surface area (Å²) in [6.07, 6.45) is 4.02. The van der Waals surface area contributed by atoms with Crippen molar-refractivity contribution in [2.75, 3.05) is 26.2 Å². The van der Waals surface area contributed by atoms with Gasteiger partial charge in [-0.1, -0.05) is 30.5 Å². The highest BCUT2D eigenvalue weighted by Gasteiger charge is 2.31. The van der Waals surface area contributed by atoms with Gasteiger partial charge in [-0.3, -0.25) is 23.9 Å². The Morgan fingerprint density at radius 1 is 0.972 bits per heavy atom. The molecule has 0 unspecified atom stereocenters. The zero-order valence-corrected chi connectivity index (χ0v) is 20.4. The fourth-order valence-electron chi connectivity index (χ4n) is 5.17. The number of nitrogens with one attached hydrogen (secondary N) is 1. The molecule has 10 heteroatoms. The summed E-state index contributed by atoms with van der Waals surface area (Å²) in [5.74, 6) is -0.858. The first kappa shape index (κ1) is 24.2. The molecule has 188 valence electrons. The standard InChI is InChI=1S/C26H26ClFN4O4/c27-18-6-8-22-20(14-18)23(33)29-26(36)32(22)15-16-5-7-21(28)19(13-16)25(35)31-11-9-30(10-12-31)24(34)17-3-1-2-4-17/h5-8,13-14,17H,1-4,9-12,15H2,(H,29,33,36). The van der Waals surface area contributed by atoms with Gasteiger partial charge in [0.15, 0.2) is 0 Å². The van der Waals surface area contributed by atoms with E-state index in [9.17, 15) is 23.6 Å². The van der Waals surface area contributed by atoms with E-state index in [-0.39, 0.29) is 29.3 Å². The number of nitrogens with zero attached hydrogens (tertiary/aromatic N) is 3. The Balaban J connectivity index is 1.35. The molecule has 1 aliphatic carbocycles. The third-order valence-electron chi connectivity index (χ3n) is 7.14. The van der Waals surface area contributed by atoms with Crippen molar-refractivity contribution < 1.29 is 14.0 Å². The van der Waals surface area contributed by atoms with Gasteiger partial charge in [0, 0.05) is 37.1 Å². The summed E-state index contributed by atoms with van der Waals surface area (Å²) in [5.41, 5.74) is -0.342. The second kappa shape index (κ2) is 9.89. The van der Waals surface area contributed by atoms with E-state index < -0.39 is 23.0 Å². The van der Waals surface area contributed by atoms with Gasteiger partial charge in [0.1, 0.15) is 5.82 Å². The van der Waals surface area contributed by atoms with Gasteiger partial charge in [-0.05, 0) is 48.7 Å². The first-order valence-corrected chi connectivity index (χ1v) is 12.5. The van der Waals surface area contributed by atoms with Crippen LogP contribution in [0.5, 0.6) is 0 Å². The maximum Gasteiger partial charge on any atom is 0.329 e. The number of fused-ring (bicyclic) bond motifs is 1. The average molecular weight is 513 g/mol. The van der Waals surface area contributed by atoms with E-state index in [0.29, 0.717) is 42.3 Å². The predicted octanol–water partition coefficient (Wildman–Crippen LogP) is 3.01. The van der Waals surface area contributed by atoms with Gasteiger partial charge >= 0.3 is 5.69 Å². The summed E-state index contributed by atoms with van der Waals surface area (Å²) in [6, 6.07) is 8.78. The molecule has 1 saturated carbocycles. The first-order valence-electron chi connectivity index (χ1n) is 12.1. The van der Waals surface area contributed by atoms with E-state index in [0.717, 1.165) is 25.7 Å². The molecule has 5 rings (SSSR count). The Morgan fingerprint density at radius 3 is 2.39 bits per heavy atom. The molecule has 2 aromatic carbocycles. The second-order valence-electron chi connectivity index (χ2n) is 9.42. The minimum Gasteiger partial charge on any atom is -0.339 e. The lowest BCUT2D eigenvalue weighted by atomic mass is 10.1. The number of H-pyrrole nitrogens is 1. The lowest BCUT2D eigenvalue weighted by Crippen LogP contribution is -2.51. The van der Waals surface area contributed by atoms with Crippen LogP contribution in [0.25, 0.3) is 10.9 Å². The highest BCUT2D eigenvalue weighted by atomic mass is 35.5. The number of rotatable bonds is 4. The zero-order valence-electron chi connectivity index (χ0n) is 19.6. The molecule has 1 saturated heterocycles. The molecule has 3 aromatic rings. The molecule has 2 fully saturated rings. The molecule has 0 spiro atoms. The first-order chi connectivity index (χ1) is 17.3. The molecular formula is C26H26ClFN4O4. The van der Waals surface area contributed by atoms with Crippen molar-refractivity contribution in [1.82, 2.24) is 19.4 Å². The number of halogens is 2. The van der Waals surface area contributed by atoms with Crippen LogP contribution >= 0.6 is 11.6 Å². The van der Waals surface area contributed by atoms with Crippen molar-refractivity contribution in [3.05, 3.63) is 79.2 Å². The SMILES string of the molecule is O=C(c1cc(Cn2c(=O)[nH]c(=O)c3cc(Cl)ccc32)ccc1F)N1CCN(C(=O)C2CCCC2)CC1. The molecule has 2 aliphatic rings. The number of aromatic amines is 1. The van der Waals surface area contributed by atoms with Gasteiger partial charge in [0.05, 0.1) is 23.0 Å². The Bertz CT molecular complexity index is 1450. The summed E-state index contributed by atoms with van der Waals surface area (Å²) in [4.78, 5) is 56.3. The summed E-state index contributed by atoms with van der Waals surface area (Å²) in [6.45, 7) is 1.57. The molecule has 2 heterocycles. The highest BCUT2D eigenvalue weighted by molar-refractivity contribution is 6.31. The number of hydrogen-bond donors (Lipinski definition) is 1. The van der Waals surface area contributed by atoms with Crippen molar-refractivity contribution >= 4 is 34.3 Å². The molecular weight excluding hydrogens is 487 g/mol. The fourth-order valence-corrected chi connectivity index (χ4v) is 5.34. The highest BCUT2D eigenvalue weighted by Crippen LogP contribution is 2.27. The van der Waals surface area contributed by atoms with Crippen LogP contribution in [0.15, 0.2) is 46.0 Å². The Morgan fingerprint density at radius 2 is 1.67 bits per heavy atom. The van der Waals surface area contributed by atoms with Crippen molar-refractivity contribution in [2.24, 2.45) is 5.92 Å². The van der Waals surface area contributed by atoms with E-state index in [1.54, 1.807) is 17.0 Å². The minimum atomic E-state index is -0.654. The van der Waals surface area contributed by atoms with E-state index in [2.05, 4.69) is 4.98 Å². The van der Waals surface area contributed by atoms with Crippen molar-refractivity contribution in [3.8, 4) is 0 Å². The lowest BCUT2D eigenvalue weighted by Gasteiger charge is -2.36. The van der Waals surface area contributed by atoms with Crippen LogP contribution in [0.4, 0.5) is 4.39 Å². The number of amides is 2. The third kappa shape index (κ3) is 4.67. The summed E-state index contributed by atoms with van der Waals surface area (Å²) in [5, 5.41) is 0.614. The molecule has 0 radical (unpaired) electrons. The van der Waals surface area contributed by atoms with Crippen LogP contribution in [-0.4, -0.2) is 57.3 Å². The normalized spacial score (nSPS) is 16.6. The van der Waals surface area contributed by atoms with Crippen LogP contribution in [0.3, 0.4) is 0 Å². The van der Waals surface area contributed by atoms with Gasteiger partial charge in [-0.2, -0.15) is 0 Å². The molecule has 36 heavy (non-hydrogen) atoms. The van der Waals surface area contributed by atoms with Crippen LogP contribution < -0.4 is 11.2 Å². The number of piperazine rings is 1. The Kier molecular flexibility index (Phi) is 6.66. The predicted molar refractivity (Wildman–Crippen MR) is 134 cm³/mol. The smallest absolute Gasteiger partial charge is 0.329 e. The fraction of sp³-hybridized carbons (Fsp3) is 0.385. The molecule has 1 aromatic heterocycles. The number of carbonyl (C=O) groups is 2. The monoisotopic (exact) mass is 512 g/mol. The van der Waals surface area contributed by atoms with E-state index in [1.165, 1.54) is 28.8 Å². The number of hydrogen-bond acceptors (Lipinski definition) is 4. The van der Waals surface area contributed by atoms with Gasteiger partial charge in [0.2, 0.25) is 5.91 Å². The maximum atomic E-state index is 14.7. The van der Waals surface area contributed by atoms with Gasteiger partial charge in [-0.15, -0.1) is 0 Å². The summed E-state index contributed by atoms with van der Waals surface area (Å²) in [7, 11) is 0. The Labute approximate surface area is 211 Å². The molecule has 8 nitrogen and oxygen atoms in total. The van der Waals surface area contributed by atoms with E-state index in [4.69, 9.17) is 11.6 Å². The number of aromatic nitrogens is 2. The molecule has 2 amide bonds. The van der Waals surface area contributed by atoms with Gasteiger partial charge in [-0.25, -0.2) is 9.18 Å². The molecule has 1 aliphatic heterocycles. The van der Waals surface area contributed by atoms with Crippen molar-refractivity contribution in [1.29, 1.82) is 0 Å². The summed E-state index contributed by atoms with van der Waals surface area (Å²) >= 11 is 6.00. The van der Waals surface area contributed by atoms with Crippen LogP contribution in [0.2, 0.25) is 5.02 Å². The molecule has 0 atom stereocenters. The van der Waals surface area contributed by atoms with E-state index in [1.807, 2.05) is 4.90 Å². The maximum absolute atomic E-state index is 14.7. The quantitative estimate of drug-likeness (QED) is 0.581. The van der Waals surface area contributed by atoms with Crippen molar-refractivity contribution in [3.63, 3.8) is 0 Å². The Hall–Kier alpha value is -3.46. The third-order valence-corrected chi connectivity index (χ3v) is 7.38. The molecule has 0 bridgehead atoms. The topological polar surface area (TPSA) is 95.5 Å². The van der Waals surface area contributed by atoms with E-state index >= 15 is 0 Å². The van der Waals surface area contributed by atoms with Crippen LogP contribution in [0.1, 0.15) is 41.6 Å². The zero-order chi connectivity index (χ0) is 25.4. The number of carbonyl (C=O) groups excluding carboxylic acids is 2. The second-order valence-corrected chi connectivity index (χ2v) is 9.86. The average Bonchev–Trinajstić information content (AvgIpc) is 3.42. The van der Waals surface area contributed by atoms with Crippen LogP contribution in [-0.2, 0) is 11.3 Å². The van der Waals surface area contributed by atoms with Crippen LogP contribution in [0, 0.1) is 11.7 Å². The van der Waals surface area contributed by atoms with Crippen molar-refractivity contribution in [2.45, 2.75) is 32.2 Å². The lowest BCUT2D eigenvalue weighted by molar-refractivity contribution is -0.136.